The molecule has 0 unspecified atom stereocenters. The van der Waals surface area contributed by atoms with Gasteiger partial charge in [-0.15, -0.1) is 0 Å². The Morgan fingerprint density at radius 2 is 0.975 bits per heavy atom. The van der Waals surface area contributed by atoms with Gasteiger partial charge in [0.05, 0.1) is 12.1 Å². The molecule has 8 N–H and O–H groups in total. The Hall–Kier alpha value is -1.90. The number of hydrogen-bond acceptors (Lipinski definition) is 8. The van der Waals surface area contributed by atoms with Crippen LogP contribution < -0.4 is 22.1 Å². The highest BCUT2D eigenvalue weighted by atomic mass is 32.1. The SMILES string of the molecule is CC(C)(C)OC(=O)N[C@@H](CC1CCC1)[C@H](O)C(N)=O.CC(C)(C)OC(=O)N[C@H](CC1CCC1)[C@@H](O)C(N)=O.S.S. The van der Waals surface area contributed by atoms with Gasteiger partial charge >= 0.3 is 12.2 Å². The summed E-state index contributed by atoms with van der Waals surface area (Å²) in [7, 11) is 0. The number of hydrogen-bond donors (Lipinski definition) is 6. The first kappa shape index (κ1) is 40.2. The zero-order valence-corrected chi connectivity index (χ0v) is 26.6. The van der Waals surface area contributed by atoms with Gasteiger partial charge in [-0.05, 0) is 66.2 Å². The number of rotatable bonds is 10. The first-order chi connectivity index (χ1) is 17.4. The number of ether oxygens (including phenoxy) is 2. The van der Waals surface area contributed by atoms with Crippen molar-refractivity contribution in [3.8, 4) is 0 Å². The van der Waals surface area contributed by atoms with Crippen molar-refractivity contribution in [1.82, 2.24) is 10.6 Å². The lowest BCUT2D eigenvalue weighted by Gasteiger charge is -2.32. The molecule has 0 spiro atoms. The Labute approximate surface area is 251 Å². The van der Waals surface area contributed by atoms with Crippen LogP contribution in [0.1, 0.15) is 92.9 Å². The van der Waals surface area contributed by atoms with Crippen LogP contribution in [0.15, 0.2) is 0 Å². The van der Waals surface area contributed by atoms with Crippen LogP contribution in [0.4, 0.5) is 9.59 Å². The van der Waals surface area contributed by atoms with Gasteiger partial charge in [0, 0.05) is 0 Å². The second-order valence-corrected chi connectivity index (χ2v) is 12.3. The fourth-order valence-corrected chi connectivity index (χ4v) is 4.02. The molecule has 2 fully saturated rings. The van der Waals surface area contributed by atoms with E-state index in [1.807, 2.05) is 0 Å². The van der Waals surface area contributed by atoms with Gasteiger partial charge in [-0.2, -0.15) is 27.0 Å². The minimum atomic E-state index is -1.38. The minimum Gasteiger partial charge on any atom is -0.444 e. The zero-order valence-electron chi connectivity index (χ0n) is 24.6. The molecule has 0 aliphatic heterocycles. The fourth-order valence-electron chi connectivity index (χ4n) is 4.02. The molecule has 0 heterocycles. The third-order valence-corrected chi connectivity index (χ3v) is 6.37. The van der Waals surface area contributed by atoms with Crippen LogP contribution in [0.5, 0.6) is 0 Å². The third kappa shape index (κ3) is 16.4. The number of primary amides is 2. The monoisotopic (exact) mass is 612 g/mol. The summed E-state index contributed by atoms with van der Waals surface area (Å²) in [5.74, 6) is -0.816. The highest BCUT2D eigenvalue weighted by Crippen LogP contribution is 2.32. The molecule has 0 saturated heterocycles. The largest absolute Gasteiger partial charge is 0.444 e. The maximum Gasteiger partial charge on any atom is 0.407 e. The number of amides is 4. The Balaban J connectivity index is 0. The number of nitrogens with two attached hydrogens (primary N) is 2. The average molecular weight is 613 g/mol. The second-order valence-electron chi connectivity index (χ2n) is 12.3. The Morgan fingerprint density at radius 3 is 1.15 bits per heavy atom. The predicted molar refractivity (Wildman–Crippen MR) is 161 cm³/mol. The summed E-state index contributed by atoms with van der Waals surface area (Å²) in [6.45, 7) is 10.5. The van der Waals surface area contributed by atoms with E-state index in [4.69, 9.17) is 20.9 Å². The summed E-state index contributed by atoms with van der Waals surface area (Å²) in [5.41, 5.74) is 8.94. The number of nitrogens with one attached hydrogen (secondary N) is 2. The molecule has 0 aromatic carbocycles. The maximum atomic E-state index is 11.7. The number of alkyl carbamates (subject to hydrolysis) is 2. The van der Waals surface area contributed by atoms with Crippen LogP contribution in [0.3, 0.4) is 0 Å². The van der Waals surface area contributed by atoms with E-state index < -0.39 is 59.5 Å². The van der Waals surface area contributed by atoms with Gasteiger partial charge in [-0.1, -0.05) is 38.5 Å². The first-order valence-corrected chi connectivity index (χ1v) is 13.3. The Bertz CT molecular complexity index is 746. The van der Waals surface area contributed by atoms with Crippen molar-refractivity contribution in [1.29, 1.82) is 0 Å². The van der Waals surface area contributed by atoms with Crippen molar-refractivity contribution in [2.75, 3.05) is 0 Å². The summed E-state index contributed by atoms with van der Waals surface area (Å²) in [6.07, 6.45) is 3.56. The Kier molecular flexibility index (Phi) is 17.9. The van der Waals surface area contributed by atoms with Crippen molar-refractivity contribution >= 4 is 51.0 Å². The van der Waals surface area contributed by atoms with Gasteiger partial charge in [-0.3, -0.25) is 9.59 Å². The van der Waals surface area contributed by atoms with Gasteiger partial charge in [0.1, 0.15) is 11.2 Å². The molecule has 2 aliphatic rings. The van der Waals surface area contributed by atoms with E-state index in [-0.39, 0.29) is 27.0 Å². The van der Waals surface area contributed by atoms with Crippen LogP contribution in [-0.4, -0.2) is 69.7 Å². The molecule has 2 rings (SSSR count). The van der Waals surface area contributed by atoms with Crippen molar-refractivity contribution in [2.24, 2.45) is 23.3 Å². The van der Waals surface area contributed by atoms with Crippen LogP contribution in [0.25, 0.3) is 0 Å². The van der Waals surface area contributed by atoms with Crippen molar-refractivity contribution in [2.45, 2.75) is 128 Å². The smallest absolute Gasteiger partial charge is 0.407 e. The molecular weight excluding hydrogens is 560 g/mol. The average Bonchev–Trinajstić information content (AvgIpc) is 2.67. The summed E-state index contributed by atoms with van der Waals surface area (Å²) < 4.78 is 10.2. The van der Waals surface area contributed by atoms with Crippen LogP contribution >= 0.6 is 27.0 Å². The molecule has 0 bridgehead atoms. The van der Waals surface area contributed by atoms with Gasteiger partial charge in [-0.25, -0.2) is 9.59 Å². The van der Waals surface area contributed by atoms with E-state index in [0.717, 1.165) is 38.5 Å². The molecule has 0 aromatic rings. The number of carbonyl (C=O) groups is 4. The summed E-state index contributed by atoms with van der Waals surface area (Å²) in [4.78, 5) is 45.5. The number of carbonyl (C=O) groups excluding carboxylic acids is 4. The molecule has 2 saturated carbocycles. The summed E-state index contributed by atoms with van der Waals surface area (Å²) >= 11 is 0. The lowest BCUT2D eigenvalue weighted by molar-refractivity contribution is -0.128. The van der Waals surface area contributed by atoms with E-state index in [9.17, 15) is 29.4 Å². The highest BCUT2D eigenvalue weighted by Gasteiger charge is 2.33. The maximum absolute atomic E-state index is 11.7. The van der Waals surface area contributed by atoms with Crippen molar-refractivity contribution < 1.29 is 38.9 Å². The molecule has 4 atom stereocenters. The molecule has 2 aliphatic carbocycles. The van der Waals surface area contributed by atoms with Crippen LogP contribution in [-0.2, 0) is 19.1 Å². The third-order valence-electron chi connectivity index (χ3n) is 6.37. The van der Waals surface area contributed by atoms with Crippen LogP contribution in [0.2, 0.25) is 0 Å². The van der Waals surface area contributed by atoms with Gasteiger partial charge < -0.3 is 41.8 Å². The summed E-state index contributed by atoms with van der Waals surface area (Å²) in [5, 5.41) is 24.6. The van der Waals surface area contributed by atoms with Gasteiger partial charge in [0.25, 0.3) is 0 Å². The molecule has 40 heavy (non-hydrogen) atoms. The molecule has 12 nitrogen and oxygen atoms in total. The topological polar surface area (TPSA) is 203 Å². The van der Waals surface area contributed by atoms with Crippen LogP contribution in [0, 0.1) is 11.8 Å². The standard InChI is InChI=1S/2C13H24N2O4.2H2S/c2*1-13(2,3)19-12(18)15-9(10(16)11(14)17)7-8-5-4-6-8;;/h2*8-10,16H,4-7H2,1-3H3,(H2,14,17)(H,15,18);2*1H2/t2*9-,10-;;/m10../s1. The fraction of sp³-hybridized carbons (Fsp3) is 0.846. The van der Waals surface area contributed by atoms with E-state index in [0.29, 0.717) is 24.7 Å². The number of aliphatic hydroxyl groups excluding tert-OH is 2. The quantitative estimate of drug-likeness (QED) is 0.215. The summed E-state index contributed by atoms with van der Waals surface area (Å²) in [6, 6.07) is -1.37. The molecular formula is C26H52N4O8S2. The highest BCUT2D eigenvalue weighted by molar-refractivity contribution is 7.59. The molecule has 14 heteroatoms. The van der Waals surface area contributed by atoms with Gasteiger partial charge in [0.15, 0.2) is 12.2 Å². The normalized spacial score (nSPS) is 18.2. The van der Waals surface area contributed by atoms with Gasteiger partial charge in [0.2, 0.25) is 11.8 Å². The second kappa shape index (κ2) is 17.8. The van der Waals surface area contributed by atoms with E-state index in [1.165, 1.54) is 0 Å². The van der Waals surface area contributed by atoms with E-state index in [1.54, 1.807) is 41.5 Å². The van der Waals surface area contributed by atoms with E-state index in [2.05, 4.69) is 10.6 Å². The van der Waals surface area contributed by atoms with E-state index >= 15 is 0 Å². The lowest BCUT2D eigenvalue weighted by atomic mass is 9.80. The molecule has 4 amide bonds. The lowest BCUT2D eigenvalue weighted by Crippen LogP contribution is -2.51. The zero-order chi connectivity index (χ0) is 29.3. The first-order valence-electron chi connectivity index (χ1n) is 13.3. The Morgan fingerprint density at radius 1 is 0.700 bits per heavy atom. The minimum absolute atomic E-state index is 0. The molecule has 0 aromatic heterocycles. The number of aliphatic hydroxyl groups is 2. The molecule has 0 radical (unpaired) electrons. The molecule has 236 valence electrons. The van der Waals surface area contributed by atoms with Crippen molar-refractivity contribution in [3.63, 3.8) is 0 Å². The predicted octanol–water partition coefficient (Wildman–Crippen LogP) is 2.06. The van der Waals surface area contributed by atoms with Crippen molar-refractivity contribution in [3.05, 3.63) is 0 Å².